The second-order valence-electron chi connectivity index (χ2n) is 5.15. The van der Waals surface area contributed by atoms with Crippen molar-refractivity contribution in [2.75, 3.05) is 0 Å². The normalized spacial score (nSPS) is 13.6. The van der Waals surface area contributed by atoms with E-state index in [-0.39, 0.29) is 0 Å². The second kappa shape index (κ2) is 7.48. The highest BCUT2D eigenvalue weighted by Gasteiger charge is 2.07. The van der Waals surface area contributed by atoms with Crippen molar-refractivity contribution in [1.82, 2.24) is 0 Å². The largest absolute Gasteiger partial charge is 0.466 e. The summed E-state index contributed by atoms with van der Waals surface area (Å²) in [7, 11) is 0. The predicted molar refractivity (Wildman–Crippen MR) is 87.8 cm³/mol. The average Bonchev–Trinajstić information content (AvgIpc) is 2.60. The van der Waals surface area contributed by atoms with Gasteiger partial charge in [0.25, 0.3) is 0 Å². The third kappa shape index (κ3) is 5.30. The molecule has 0 fully saturated rings. The molecule has 1 aromatic rings. The summed E-state index contributed by atoms with van der Waals surface area (Å²) >= 11 is 0. The van der Waals surface area contributed by atoms with E-state index in [4.69, 9.17) is 10.2 Å². The number of amides is 1. The molecule has 1 rings (SSSR count). The number of carbonyl (C=O) groups excluding carboxylic acids is 1. The van der Waals surface area contributed by atoms with Gasteiger partial charge in [-0.2, -0.15) is 0 Å². The minimum absolute atomic E-state index is 0.431. The molecule has 112 valence electrons. The maximum atomic E-state index is 10.7. The molecule has 0 aliphatic heterocycles. The zero-order valence-corrected chi connectivity index (χ0v) is 13.4. The van der Waals surface area contributed by atoms with Crippen molar-refractivity contribution >= 4 is 12.0 Å². The molecule has 1 amide bonds. The maximum Gasteiger partial charge on any atom is 0.241 e. The Morgan fingerprint density at radius 3 is 2.24 bits per heavy atom. The van der Waals surface area contributed by atoms with Crippen LogP contribution >= 0.6 is 0 Å². The van der Waals surface area contributed by atoms with Crippen LogP contribution in [0.4, 0.5) is 0 Å². The molecule has 1 heterocycles. The van der Waals surface area contributed by atoms with Gasteiger partial charge in [0.05, 0.1) is 0 Å². The summed E-state index contributed by atoms with van der Waals surface area (Å²) in [6.45, 7) is 9.85. The Kier molecular flexibility index (Phi) is 5.97. The lowest BCUT2D eigenvalue weighted by Crippen LogP contribution is -2.06. The van der Waals surface area contributed by atoms with Gasteiger partial charge in [-0.05, 0) is 45.8 Å². The highest BCUT2D eigenvalue weighted by Crippen LogP contribution is 2.22. The molecule has 21 heavy (non-hydrogen) atoms. The van der Waals surface area contributed by atoms with Gasteiger partial charge in [0.1, 0.15) is 11.5 Å². The van der Waals surface area contributed by atoms with Crippen LogP contribution in [0.25, 0.3) is 6.08 Å². The van der Waals surface area contributed by atoms with Gasteiger partial charge in [-0.25, -0.2) is 0 Å². The maximum absolute atomic E-state index is 10.7. The van der Waals surface area contributed by atoms with Crippen LogP contribution in [0.15, 0.2) is 45.9 Å². The Balaban J connectivity index is 2.79. The number of primary amides is 1. The van der Waals surface area contributed by atoms with Crippen LogP contribution < -0.4 is 5.73 Å². The van der Waals surface area contributed by atoms with E-state index in [1.54, 1.807) is 0 Å². The molecule has 3 nitrogen and oxygen atoms in total. The second-order valence-corrected chi connectivity index (χ2v) is 5.15. The van der Waals surface area contributed by atoms with Gasteiger partial charge >= 0.3 is 0 Å². The van der Waals surface area contributed by atoms with E-state index in [1.165, 1.54) is 11.6 Å². The zero-order chi connectivity index (χ0) is 16.0. The lowest BCUT2D eigenvalue weighted by molar-refractivity contribution is -0.113. The van der Waals surface area contributed by atoms with Crippen LogP contribution in [0.2, 0.25) is 0 Å². The fourth-order valence-corrected chi connectivity index (χ4v) is 1.95. The van der Waals surface area contributed by atoms with E-state index in [0.717, 1.165) is 28.2 Å². The van der Waals surface area contributed by atoms with Crippen molar-refractivity contribution in [2.45, 2.75) is 34.6 Å². The number of aryl methyl sites for hydroxylation is 2. The topological polar surface area (TPSA) is 56.2 Å². The van der Waals surface area contributed by atoms with Gasteiger partial charge in [-0.1, -0.05) is 36.0 Å². The van der Waals surface area contributed by atoms with Crippen molar-refractivity contribution in [3.63, 3.8) is 0 Å². The monoisotopic (exact) mass is 285 g/mol. The van der Waals surface area contributed by atoms with Gasteiger partial charge in [0, 0.05) is 11.6 Å². The molecular formula is C18H23NO2. The molecule has 0 bridgehead atoms. The van der Waals surface area contributed by atoms with Crippen molar-refractivity contribution in [2.24, 2.45) is 5.73 Å². The summed E-state index contributed by atoms with van der Waals surface area (Å²) in [5.74, 6) is 1.46. The molecule has 0 radical (unpaired) electrons. The van der Waals surface area contributed by atoms with E-state index in [0.29, 0.717) is 0 Å². The SMILES string of the molecule is CC(C=Cc1c(C)oc(C)c1C)=CC=CC(C)=CC(N)=O. The van der Waals surface area contributed by atoms with E-state index < -0.39 is 5.91 Å². The van der Waals surface area contributed by atoms with Gasteiger partial charge in [0.15, 0.2) is 0 Å². The summed E-state index contributed by atoms with van der Waals surface area (Å²) in [4.78, 5) is 10.7. The summed E-state index contributed by atoms with van der Waals surface area (Å²) < 4.78 is 5.59. The Hall–Kier alpha value is -2.29. The number of hydrogen-bond acceptors (Lipinski definition) is 2. The number of nitrogens with two attached hydrogens (primary N) is 1. The first-order chi connectivity index (χ1) is 9.81. The number of furan rings is 1. The third-order valence-electron chi connectivity index (χ3n) is 3.22. The van der Waals surface area contributed by atoms with Gasteiger partial charge < -0.3 is 10.2 Å². The molecular weight excluding hydrogens is 262 g/mol. The first-order valence-electron chi connectivity index (χ1n) is 6.88. The van der Waals surface area contributed by atoms with Crippen molar-refractivity contribution < 1.29 is 9.21 Å². The molecule has 0 saturated carbocycles. The summed E-state index contributed by atoms with van der Waals surface area (Å²) in [6.07, 6.45) is 11.2. The predicted octanol–water partition coefficient (Wildman–Crippen LogP) is 4.15. The molecule has 1 aromatic heterocycles. The van der Waals surface area contributed by atoms with Crippen LogP contribution in [0, 0.1) is 20.8 Å². The lowest BCUT2D eigenvalue weighted by atomic mass is 10.1. The van der Waals surface area contributed by atoms with Gasteiger partial charge in [-0.15, -0.1) is 0 Å². The molecule has 0 saturated heterocycles. The van der Waals surface area contributed by atoms with Crippen molar-refractivity contribution in [3.05, 3.63) is 64.2 Å². The summed E-state index contributed by atoms with van der Waals surface area (Å²) in [5.41, 5.74) is 9.32. The number of rotatable bonds is 5. The standard InChI is InChI=1S/C18H23NO2/c1-12(7-6-8-13(2)11-18(19)20)9-10-17-14(3)15(4)21-16(17)5/h6-11H,1-5H3,(H2,19,20). The summed E-state index contributed by atoms with van der Waals surface area (Å²) in [6, 6.07) is 0. The fraction of sp³-hybridized carbons (Fsp3) is 0.278. The first kappa shape index (κ1) is 16.8. The Morgan fingerprint density at radius 2 is 1.71 bits per heavy atom. The smallest absolute Gasteiger partial charge is 0.241 e. The van der Waals surface area contributed by atoms with Crippen molar-refractivity contribution in [3.8, 4) is 0 Å². The van der Waals surface area contributed by atoms with Gasteiger partial charge in [0.2, 0.25) is 5.91 Å². The van der Waals surface area contributed by atoms with E-state index >= 15 is 0 Å². The molecule has 0 unspecified atom stereocenters. The highest BCUT2D eigenvalue weighted by atomic mass is 16.3. The van der Waals surface area contributed by atoms with E-state index in [9.17, 15) is 4.79 Å². The Morgan fingerprint density at radius 1 is 1.05 bits per heavy atom. The van der Waals surface area contributed by atoms with Gasteiger partial charge in [-0.3, -0.25) is 4.79 Å². The van der Waals surface area contributed by atoms with E-state index in [1.807, 2.05) is 52.0 Å². The molecule has 0 aromatic carbocycles. The molecule has 0 spiro atoms. The van der Waals surface area contributed by atoms with E-state index in [2.05, 4.69) is 13.0 Å². The highest BCUT2D eigenvalue weighted by molar-refractivity contribution is 5.86. The number of allylic oxidation sites excluding steroid dienone is 6. The minimum atomic E-state index is -0.431. The van der Waals surface area contributed by atoms with Crippen LogP contribution in [-0.4, -0.2) is 5.91 Å². The van der Waals surface area contributed by atoms with Crippen LogP contribution in [0.5, 0.6) is 0 Å². The summed E-state index contributed by atoms with van der Waals surface area (Å²) in [5, 5.41) is 0. The molecule has 2 N–H and O–H groups in total. The quantitative estimate of drug-likeness (QED) is 0.652. The molecule has 0 atom stereocenters. The number of hydrogen-bond donors (Lipinski definition) is 1. The fourth-order valence-electron chi connectivity index (χ4n) is 1.95. The first-order valence-corrected chi connectivity index (χ1v) is 6.88. The number of carbonyl (C=O) groups is 1. The van der Waals surface area contributed by atoms with Crippen LogP contribution in [0.3, 0.4) is 0 Å². The Labute approximate surface area is 126 Å². The minimum Gasteiger partial charge on any atom is -0.466 e. The van der Waals surface area contributed by atoms with Crippen molar-refractivity contribution in [1.29, 1.82) is 0 Å². The third-order valence-corrected chi connectivity index (χ3v) is 3.22. The molecule has 0 aliphatic carbocycles. The zero-order valence-electron chi connectivity index (χ0n) is 13.4. The van der Waals surface area contributed by atoms with Crippen LogP contribution in [0.1, 0.15) is 36.5 Å². The Bertz CT molecular complexity index is 640. The molecule has 3 heteroatoms. The lowest BCUT2D eigenvalue weighted by Gasteiger charge is -1.93. The van der Waals surface area contributed by atoms with Crippen LogP contribution in [-0.2, 0) is 4.79 Å². The molecule has 0 aliphatic rings. The average molecular weight is 285 g/mol.